The minimum Gasteiger partial charge on any atom is -0.481 e. The normalized spacial score (nSPS) is 15.7. The lowest BCUT2D eigenvalue weighted by Crippen LogP contribution is -2.39. The van der Waals surface area contributed by atoms with Crippen molar-refractivity contribution in [3.63, 3.8) is 0 Å². The van der Waals surface area contributed by atoms with E-state index in [2.05, 4.69) is 27.5 Å². The molecule has 0 radical (unpaired) electrons. The summed E-state index contributed by atoms with van der Waals surface area (Å²) in [6.45, 7) is 4.96. The van der Waals surface area contributed by atoms with Crippen LogP contribution < -0.4 is 15.4 Å². The molecule has 6 nitrogen and oxygen atoms in total. The van der Waals surface area contributed by atoms with E-state index in [9.17, 15) is 0 Å². The summed E-state index contributed by atoms with van der Waals surface area (Å²) in [4.78, 5) is 8.80. The Labute approximate surface area is 174 Å². The molecular weight excluding hydrogens is 443 g/mol. The molecule has 1 aliphatic carbocycles. The van der Waals surface area contributed by atoms with Crippen LogP contribution in [0.15, 0.2) is 23.3 Å². The molecule has 0 aliphatic heterocycles. The molecule has 0 amide bonds. The number of hydrogen-bond acceptors (Lipinski definition) is 4. The van der Waals surface area contributed by atoms with Gasteiger partial charge in [0.2, 0.25) is 5.88 Å². The highest BCUT2D eigenvalue weighted by atomic mass is 127. The number of nitrogens with zero attached hydrogens (tertiary/aromatic N) is 2. The van der Waals surface area contributed by atoms with Crippen molar-refractivity contribution in [3.8, 4) is 5.88 Å². The first kappa shape index (κ1) is 23.0. The minimum absolute atomic E-state index is 0. The molecule has 0 unspecified atom stereocenters. The predicted molar refractivity (Wildman–Crippen MR) is 116 cm³/mol. The number of rotatable bonds is 8. The first-order valence-corrected chi connectivity index (χ1v) is 9.44. The number of guanidine groups is 1. The van der Waals surface area contributed by atoms with Crippen molar-refractivity contribution in [1.82, 2.24) is 15.6 Å². The van der Waals surface area contributed by atoms with Crippen LogP contribution >= 0.6 is 24.0 Å². The molecule has 148 valence electrons. The molecule has 2 rings (SSSR count). The van der Waals surface area contributed by atoms with Gasteiger partial charge in [0.25, 0.3) is 0 Å². The van der Waals surface area contributed by atoms with Gasteiger partial charge in [-0.3, -0.25) is 0 Å². The van der Waals surface area contributed by atoms with Gasteiger partial charge in [0.05, 0.1) is 26.4 Å². The third-order valence-corrected chi connectivity index (χ3v) is 4.32. The van der Waals surface area contributed by atoms with Crippen molar-refractivity contribution in [1.29, 1.82) is 0 Å². The lowest BCUT2D eigenvalue weighted by molar-refractivity contribution is 0.0468. The summed E-state index contributed by atoms with van der Waals surface area (Å²) in [6.07, 6.45) is 9.97. The van der Waals surface area contributed by atoms with Crippen LogP contribution in [0.1, 0.15) is 51.0 Å². The Kier molecular flexibility index (Phi) is 12.4. The molecule has 2 N–H and O–H groups in total. The van der Waals surface area contributed by atoms with E-state index in [1.807, 2.05) is 12.1 Å². The van der Waals surface area contributed by atoms with Crippen LogP contribution in [0.25, 0.3) is 0 Å². The van der Waals surface area contributed by atoms with Gasteiger partial charge in [0, 0.05) is 25.4 Å². The van der Waals surface area contributed by atoms with Crippen molar-refractivity contribution < 1.29 is 9.47 Å². The summed E-state index contributed by atoms with van der Waals surface area (Å²) in [5.74, 6) is 1.43. The number of methoxy groups -OCH3 is 1. The Balaban J connectivity index is 0.00000338. The van der Waals surface area contributed by atoms with Gasteiger partial charge in [-0.2, -0.15) is 0 Å². The van der Waals surface area contributed by atoms with Crippen LogP contribution in [-0.2, 0) is 11.3 Å². The first-order valence-electron chi connectivity index (χ1n) is 9.44. The van der Waals surface area contributed by atoms with Crippen LogP contribution in [0.2, 0.25) is 0 Å². The van der Waals surface area contributed by atoms with Crippen LogP contribution in [0.5, 0.6) is 5.88 Å². The summed E-state index contributed by atoms with van der Waals surface area (Å²) < 4.78 is 11.1. The van der Waals surface area contributed by atoms with Gasteiger partial charge in [-0.25, -0.2) is 9.98 Å². The number of ether oxygens (including phenoxy) is 2. The summed E-state index contributed by atoms with van der Waals surface area (Å²) in [5.41, 5.74) is 1.05. The maximum absolute atomic E-state index is 6.01. The lowest BCUT2D eigenvalue weighted by Gasteiger charge is -2.16. The molecule has 1 fully saturated rings. The molecule has 1 heterocycles. The van der Waals surface area contributed by atoms with E-state index in [1.165, 1.54) is 38.5 Å². The van der Waals surface area contributed by atoms with Crippen molar-refractivity contribution >= 4 is 29.9 Å². The largest absolute Gasteiger partial charge is 0.481 e. The maximum atomic E-state index is 6.01. The second-order valence-corrected chi connectivity index (χ2v) is 6.32. The first-order chi connectivity index (χ1) is 12.3. The van der Waals surface area contributed by atoms with Crippen LogP contribution in [0, 0.1) is 0 Å². The summed E-state index contributed by atoms with van der Waals surface area (Å²) in [5, 5.41) is 6.60. The molecule has 7 heteroatoms. The van der Waals surface area contributed by atoms with Crippen LogP contribution in [0.3, 0.4) is 0 Å². The Morgan fingerprint density at radius 1 is 1.19 bits per heavy atom. The third-order valence-electron chi connectivity index (χ3n) is 4.32. The number of nitrogens with one attached hydrogen (secondary N) is 2. The molecule has 26 heavy (non-hydrogen) atoms. The molecule has 1 aromatic rings. The van der Waals surface area contributed by atoms with E-state index in [1.54, 1.807) is 13.3 Å². The number of aliphatic imine (C=N–C) groups is 1. The van der Waals surface area contributed by atoms with Crippen molar-refractivity contribution in [2.24, 2.45) is 4.99 Å². The Morgan fingerprint density at radius 3 is 2.58 bits per heavy atom. The highest BCUT2D eigenvalue weighted by Gasteiger charge is 2.12. The lowest BCUT2D eigenvalue weighted by atomic mass is 10.1. The Bertz CT molecular complexity index is 503. The van der Waals surface area contributed by atoms with Gasteiger partial charge < -0.3 is 20.1 Å². The number of pyridine rings is 1. The fraction of sp³-hybridized carbons (Fsp3) is 0.684. The van der Waals surface area contributed by atoms with Gasteiger partial charge >= 0.3 is 0 Å². The fourth-order valence-corrected chi connectivity index (χ4v) is 2.94. The van der Waals surface area contributed by atoms with Gasteiger partial charge in [0.1, 0.15) is 0 Å². The molecule has 1 aromatic heterocycles. The quantitative estimate of drug-likeness (QED) is 0.198. The highest BCUT2D eigenvalue weighted by Crippen LogP contribution is 2.19. The highest BCUT2D eigenvalue weighted by molar-refractivity contribution is 14.0. The van der Waals surface area contributed by atoms with E-state index >= 15 is 0 Å². The molecular formula is C19H33IN4O2. The fourth-order valence-electron chi connectivity index (χ4n) is 2.94. The van der Waals surface area contributed by atoms with Crippen molar-refractivity contribution in [2.75, 3.05) is 26.8 Å². The molecule has 1 aliphatic rings. The molecule has 0 atom stereocenters. The van der Waals surface area contributed by atoms with E-state index < -0.39 is 0 Å². The topological polar surface area (TPSA) is 67.8 Å². The zero-order valence-corrected chi connectivity index (χ0v) is 18.3. The second-order valence-electron chi connectivity index (χ2n) is 6.32. The average molecular weight is 476 g/mol. The van der Waals surface area contributed by atoms with Crippen LogP contribution in [-0.4, -0.2) is 43.9 Å². The minimum atomic E-state index is 0. The molecule has 0 aromatic carbocycles. The summed E-state index contributed by atoms with van der Waals surface area (Å²) in [7, 11) is 1.62. The summed E-state index contributed by atoms with van der Waals surface area (Å²) in [6, 6.07) is 3.83. The molecule has 0 bridgehead atoms. The van der Waals surface area contributed by atoms with Crippen LogP contribution in [0.4, 0.5) is 0 Å². The monoisotopic (exact) mass is 476 g/mol. The number of halogens is 1. The Hall–Kier alpha value is -1.09. The van der Waals surface area contributed by atoms with Gasteiger partial charge in [0.15, 0.2) is 5.96 Å². The smallest absolute Gasteiger partial charge is 0.212 e. The van der Waals surface area contributed by atoms with E-state index in [0.717, 1.165) is 31.2 Å². The van der Waals surface area contributed by atoms with E-state index in [0.29, 0.717) is 18.5 Å². The predicted octanol–water partition coefficient (Wildman–Crippen LogP) is 3.50. The standard InChI is InChI=1S/C19H32N4O2.HI/c1-3-20-19(23-15-16-10-11-18(24-2)22-14-16)21-12-13-25-17-8-6-4-5-7-9-17;/h10-11,14,17H,3-9,12-13,15H2,1-2H3,(H2,20,21,23);1H. The number of hydrogen-bond donors (Lipinski definition) is 2. The van der Waals surface area contributed by atoms with Gasteiger partial charge in [-0.1, -0.05) is 31.7 Å². The zero-order valence-electron chi connectivity index (χ0n) is 16.0. The van der Waals surface area contributed by atoms with E-state index in [4.69, 9.17) is 9.47 Å². The average Bonchev–Trinajstić information content (AvgIpc) is 2.92. The zero-order chi connectivity index (χ0) is 17.7. The van der Waals surface area contributed by atoms with E-state index in [-0.39, 0.29) is 24.0 Å². The summed E-state index contributed by atoms with van der Waals surface area (Å²) >= 11 is 0. The van der Waals surface area contributed by atoms with Gasteiger partial charge in [-0.05, 0) is 25.3 Å². The SMILES string of the molecule is CCNC(=NCc1ccc(OC)nc1)NCCOC1CCCCCC1.I. The van der Waals surface area contributed by atoms with Gasteiger partial charge in [-0.15, -0.1) is 24.0 Å². The maximum Gasteiger partial charge on any atom is 0.212 e. The molecule has 0 saturated heterocycles. The second kappa shape index (κ2) is 14.0. The molecule has 0 spiro atoms. The molecule has 1 saturated carbocycles. The van der Waals surface area contributed by atoms with Crippen molar-refractivity contribution in [3.05, 3.63) is 23.9 Å². The van der Waals surface area contributed by atoms with Crippen molar-refractivity contribution in [2.45, 2.75) is 58.1 Å². The Morgan fingerprint density at radius 2 is 1.96 bits per heavy atom. The number of aromatic nitrogens is 1. The third kappa shape index (κ3) is 9.02.